The number of nitrogens with zero attached hydrogens (tertiary/aromatic N) is 1. The number of methoxy groups -OCH3 is 2. The summed E-state index contributed by atoms with van der Waals surface area (Å²) in [6.07, 6.45) is 0.778. The molecule has 2 unspecified atom stereocenters. The Morgan fingerprint density at radius 3 is 2.35 bits per heavy atom. The summed E-state index contributed by atoms with van der Waals surface area (Å²) in [5, 5.41) is 0. The van der Waals surface area contributed by atoms with Crippen LogP contribution in [-0.2, 0) is 10.0 Å². The van der Waals surface area contributed by atoms with E-state index in [-0.39, 0.29) is 29.3 Å². The molecule has 23 heavy (non-hydrogen) atoms. The third-order valence-electron chi connectivity index (χ3n) is 3.96. The Morgan fingerprint density at radius 2 is 1.87 bits per heavy atom. The highest BCUT2D eigenvalue weighted by molar-refractivity contribution is 9.10. The molecule has 0 bridgehead atoms. The lowest BCUT2D eigenvalue weighted by atomic mass is 10.1. The van der Waals surface area contributed by atoms with Crippen LogP contribution in [0.1, 0.15) is 13.3 Å². The van der Waals surface area contributed by atoms with Gasteiger partial charge in [0.1, 0.15) is 4.90 Å². The normalized spacial score (nSPS) is 21.8. The SMILES string of the molecule is COc1cc(Br)c(S(=O)(=O)N2CC(CN)CC2C)cc1OC.Cl. The van der Waals surface area contributed by atoms with Crippen LogP contribution in [0.15, 0.2) is 21.5 Å². The molecule has 0 amide bonds. The van der Waals surface area contributed by atoms with Gasteiger partial charge >= 0.3 is 0 Å². The van der Waals surface area contributed by atoms with Crippen molar-refractivity contribution in [3.05, 3.63) is 16.6 Å². The van der Waals surface area contributed by atoms with E-state index in [9.17, 15) is 8.42 Å². The molecule has 2 N–H and O–H groups in total. The van der Waals surface area contributed by atoms with Crippen LogP contribution in [0.5, 0.6) is 11.5 Å². The Labute approximate surface area is 151 Å². The Balaban J connectivity index is 0.00000264. The van der Waals surface area contributed by atoms with Gasteiger partial charge in [0.15, 0.2) is 11.5 Å². The van der Waals surface area contributed by atoms with Crippen LogP contribution in [0.3, 0.4) is 0 Å². The summed E-state index contributed by atoms with van der Waals surface area (Å²) in [6.45, 7) is 2.84. The van der Waals surface area contributed by atoms with E-state index in [0.717, 1.165) is 6.42 Å². The zero-order valence-electron chi connectivity index (χ0n) is 13.3. The van der Waals surface area contributed by atoms with Gasteiger partial charge in [0, 0.05) is 23.1 Å². The number of hydrogen-bond donors (Lipinski definition) is 1. The molecule has 1 aliphatic rings. The van der Waals surface area contributed by atoms with Crippen molar-refractivity contribution < 1.29 is 17.9 Å². The van der Waals surface area contributed by atoms with E-state index < -0.39 is 10.0 Å². The molecule has 1 heterocycles. The number of halogens is 2. The number of benzene rings is 1. The predicted octanol–water partition coefficient (Wildman–Crippen LogP) is 2.25. The molecule has 132 valence electrons. The molecule has 0 saturated carbocycles. The molecule has 1 aromatic carbocycles. The van der Waals surface area contributed by atoms with Gasteiger partial charge < -0.3 is 15.2 Å². The molecule has 1 aliphatic heterocycles. The molecule has 9 heteroatoms. The lowest BCUT2D eigenvalue weighted by molar-refractivity contribution is 0.353. The standard InChI is InChI=1S/C14H21BrN2O4S.ClH/c1-9-4-10(7-16)8-17(9)22(18,19)14-6-13(21-3)12(20-2)5-11(14)15;/h5-6,9-10H,4,7-8,16H2,1-3H3;1H. The topological polar surface area (TPSA) is 81.9 Å². The highest BCUT2D eigenvalue weighted by atomic mass is 79.9. The monoisotopic (exact) mass is 428 g/mol. The van der Waals surface area contributed by atoms with Crippen LogP contribution >= 0.6 is 28.3 Å². The van der Waals surface area contributed by atoms with Crippen molar-refractivity contribution in [2.45, 2.75) is 24.3 Å². The van der Waals surface area contributed by atoms with Gasteiger partial charge in [-0.1, -0.05) is 0 Å². The Hall–Kier alpha value is -0.540. The maximum Gasteiger partial charge on any atom is 0.244 e. The van der Waals surface area contributed by atoms with Gasteiger partial charge in [-0.15, -0.1) is 12.4 Å². The van der Waals surface area contributed by atoms with Gasteiger partial charge in [0.2, 0.25) is 10.0 Å². The van der Waals surface area contributed by atoms with Gasteiger partial charge in [0.05, 0.1) is 14.2 Å². The number of rotatable bonds is 5. The quantitative estimate of drug-likeness (QED) is 0.776. The van der Waals surface area contributed by atoms with Crippen LogP contribution in [0.4, 0.5) is 0 Å². The third-order valence-corrected chi connectivity index (χ3v) is 6.90. The average Bonchev–Trinajstić information content (AvgIpc) is 2.88. The van der Waals surface area contributed by atoms with Crippen LogP contribution in [0.2, 0.25) is 0 Å². The van der Waals surface area contributed by atoms with Gasteiger partial charge in [0.25, 0.3) is 0 Å². The van der Waals surface area contributed by atoms with Crippen molar-refractivity contribution in [1.82, 2.24) is 4.31 Å². The average molecular weight is 430 g/mol. The summed E-state index contributed by atoms with van der Waals surface area (Å²) in [5.74, 6) is 1.05. The minimum absolute atomic E-state index is 0. The molecule has 1 aromatic rings. The van der Waals surface area contributed by atoms with E-state index in [2.05, 4.69) is 15.9 Å². The van der Waals surface area contributed by atoms with E-state index in [1.165, 1.54) is 24.6 Å². The largest absolute Gasteiger partial charge is 0.493 e. The number of sulfonamides is 1. The van der Waals surface area contributed by atoms with Crippen molar-refractivity contribution in [3.8, 4) is 11.5 Å². The van der Waals surface area contributed by atoms with Crippen molar-refractivity contribution in [3.63, 3.8) is 0 Å². The summed E-state index contributed by atoms with van der Waals surface area (Å²) in [4.78, 5) is 0.176. The minimum Gasteiger partial charge on any atom is -0.493 e. The zero-order valence-corrected chi connectivity index (χ0v) is 16.5. The fraction of sp³-hybridized carbons (Fsp3) is 0.571. The number of ether oxygens (including phenoxy) is 2. The number of hydrogen-bond acceptors (Lipinski definition) is 5. The summed E-state index contributed by atoms with van der Waals surface area (Å²) >= 11 is 3.32. The van der Waals surface area contributed by atoms with Crippen LogP contribution in [-0.4, -0.2) is 46.1 Å². The highest BCUT2D eigenvalue weighted by Crippen LogP contribution is 2.38. The summed E-state index contributed by atoms with van der Waals surface area (Å²) in [6, 6.07) is 3.02. The first kappa shape index (κ1) is 20.5. The van der Waals surface area contributed by atoms with Crippen LogP contribution < -0.4 is 15.2 Å². The summed E-state index contributed by atoms with van der Waals surface area (Å²) < 4.78 is 38.3. The second-order valence-electron chi connectivity index (χ2n) is 5.40. The fourth-order valence-electron chi connectivity index (χ4n) is 2.77. The van der Waals surface area contributed by atoms with Crippen molar-refractivity contribution in [1.29, 1.82) is 0 Å². The second kappa shape index (κ2) is 8.02. The fourth-order valence-corrected chi connectivity index (χ4v) is 5.49. The Bertz CT molecular complexity index is 656. The van der Waals surface area contributed by atoms with Crippen molar-refractivity contribution in [2.24, 2.45) is 11.7 Å². The van der Waals surface area contributed by atoms with Crippen LogP contribution in [0, 0.1) is 5.92 Å². The maximum atomic E-state index is 13.0. The van der Waals surface area contributed by atoms with E-state index in [4.69, 9.17) is 15.2 Å². The smallest absolute Gasteiger partial charge is 0.244 e. The highest BCUT2D eigenvalue weighted by Gasteiger charge is 2.38. The molecule has 2 rings (SSSR count). The Morgan fingerprint density at radius 1 is 1.30 bits per heavy atom. The van der Waals surface area contributed by atoms with Crippen molar-refractivity contribution >= 4 is 38.4 Å². The van der Waals surface area contributed by atoms with E-state index in [1.807, 2.05) is 6.92 Å². The first-order chi connectivity index (χ1) is 10.3. The molecule has 6 nitrogen and oxygen atoms in total. The van der Waals surface area contributed by atoms with Gasteiger partial charge in [-0.3, -0.25) is 0 Å². The third kappa shape index (κ3) is 3.93. The Kier molecular flexibility index (Phi) is 7.15. The summed E-state index contributed by atoms with van der Waals surface area (Å²) in [5.41, 5.74) is 5.69. The zero-order chi connectivity index (χ0) is 16.5. The van der Waals surface area contributed by atoms with E-state index in [0.29, 0.717) is 29.1 Å². The van der Waals surface area contributed by atoms with Gasteiger partial charge in [-0.05, 0) is 47.8 Å². The molecular weight excluding hydrogens is 408 g/mol. The summed E-state index contributed by atoms with van der Waals surface area (Å²) in [7, 11) is -0.640. The van der Waals surface area contributed by atoms with E-state index >= 15 is 0 Å². The van der Waals surface area contributed by atoms with Crippen molar-refractivity contribution in [2.75, 3.05) is 27.3 Å². The second-order valence-corrected chi connectivity index (χ2v) is 8.11. The lowest BCUT2D eigenvalue weighted by Crippen LogP contribution is -2.34. The first-order valence-corrected chi connectivity index (χ1v) is 9.21. The maximum absolute atomic E-state index is 13.0. The van der Waals surface area contributed by atoms with E-state index in [1.54, 1.807) is 6.07 Å². The van der Waals surface area contributed by atoms with Crippen LogP contribution in [0.25, 0.3) is 0 Å². The predicted molar refractivity (Wildman–Crippen MR) is 95.0 cm³/mol. The lowest BCUT2D eigenvalue weighted by Gasteiger charge is -2.22. The molecule has 0 radical (unpaired) electrons. The molecule has 0 spiro atoms. The minimum atomic E-state index is -3.62. The molecule has 1 saturated heterocycles. The number of nitrogens with two attached hydrogens (primary N) is 1. The van der Waals surface area contributed by atoms with Gasteiger partial charge in [-0.2, -0.15) is 4.31 Å². The first-order valence-electron chi connectivity index (χ1n) is 6.98. The molecular formula is C14H22BrClN2O4S. The molecule has 2 atom stereocenters. The molecule has 0 aromatic heterocycles. The molecule has 0 aliphatic carbocycles. The van der Waals surface area contributed by atoms with Gasteiger partial charge in [-0.25, -0.2) is 8.42 Å². The molecule has 1 fully saturated rings.